The molecule has 0 unspecified atom stereocenters. The van der Waals surface area contributed by atoms with E-state index < -0.39 is 0 Å². The van der Waals surface area contributed by atoms with Gasteiger partial charge in [-0.1, -0.05) is 76.0 Å². The molecule has 0 amide bonds. The molecule has 1 aromatic carbocycles. The fourth-order valence-corrected chi connectivity index (χ4v) is 2.77. The van der Waals surface area contributed by atoms with Crippen LogP contribution in [0.25, 0.3) is 0 Å². The Morgan fingerprint density at radius 3 is 2.05 bits per heavy atom. The first-order chi connectivity index (χ1) is 10.1. The van der Waals surface area contributed by atoms with E-state index in [0.29, 0.717) is 12.2 Å². The summed E-state index contributed by atoms with van der Waals surface area (Å²) in [7, 11) is 0. The van der Waals surface area contributed by atoms with Crippen LogP contribution < -0.4 is 0 Å². The van der Waals surface area contributed by atoms with Crippen LogP contribution in [0.4, 0.5) is 0 Å². The molecule has 0 bridgehead atoms. The normalized spacial score (nSPS) is 10.8. The largest absolute Gasteiger partial charge is 0.294 e. The molecule has 1 aromatic rings. The molecule has 0 saturated heterocycles. The van der Waals surface area contributed by atoms with Gasteiger partial charge in [-0.2, -0.15) is 0 Å². The first kappa shape index (κ1) is 17.9. The molecule has 0 radical (unpaired) electrons. The SMILES string of the molecule is CCCCCCCCCCCC(=O)c1cc(C)ccc1C. The Morgan fingerprint density at radius 2 is 1.43 bits per heavy atom. The predicted molar refractivity (Wildman–Crippen MR) is 92.1 cm³/mol. The Hall–Kier alpha value is -1.11. The van der Waals surface area contributed by atoms with Crippen LogP contribution in [0, 0.1) is 13.8 Å². The highest BCUT2D eigenvalue weighted by atomic mass is 16.1. The van der Waals surface area contributed by atoms with Crippen molar-refractivity contribution in [3.63, 3.8) is 0 Å². The average Bonchev–Trinajstić information content (AvgIpc) is 2.48. The Morgan fingerprint density at radius 1 is 0.857 bits per heavy atom. The van der Waals surface area contributed by atoms with Gasteiger partial charge in [0.1, 0.15) is 0 Å². The monoisotopic (exact) mass is 288 g/mol. The van der Waals surface area contributed by atoms with Crippen molar-refractivity contribution >= 4 is 5.78 Å². The number of benzene rings is 1. The average molecular weight is 288 g/mol. The van der Waals surface area contributed by atoms with E-state index >= 15 is 0 Å². The molecule has 0 aromatic heterocycles. The van der Waals surface area contributed by atoms with Gasteiger partial charge in [0.25, 0.3) is 0 Å². The van der Waals surface area contributed by atoms with Crippen LogP contribution in [0.2, 0.25) is 0 Å². The second-order valence-corrected chi connectivity index (χ2v) is 6.32. The van der Waals surface area contributed by atoms with Gasteiger partial charge in [0.2, 0.25) is 0 Å². The molecule has 0 aliphatic rings. The number of carbonyl (C=O) groups excluding carboxylic acids is 1. The zero-order chi connectivity index (χ0) is 15.5. The molecule has 0 heterocycles. The number of unbranched alkanes of at least 4 members (excludes halogenated alkanes) is 8. The summed E-state index contributed by atoms with van der Waals surface area (Å²) >= 11 is 0. The molecule has 0 fully saturated rings. The summed E-state index contributed by atoms with van der Waals surface area (Å²) in [5, 5.41) is 0. The van der Waals surface area contributed by atoms with Crippen molar-refractivity contribution in [1.29, 1.82) is 0 Å². The smallest absolute Gasteiger partial charge is 0.163 e. The molecule has 0 atom stereocenters. The number of ketones is 1. The molecule has 0 N–H and O–H groups in total. The number of carbonyl (C=O) groups is 1. The van der Waals surface area contributed by atoms with Crippen LogP contribution in [-0.4, -0.2) is 5.78 Å². The molecule has 0 spiro atoms. The molecule has 0 aliphatic heterocycles. The molecule has 0 aliphatic carbocycles. The highest BCUT2D eigenvalue weighted by Crippen LogP contribution is 2.16. The summed E-state index contributed by atoms with van der Waals surface area (Å²) in [5.74, 6) is 0.319. The molecule has 118 valence electrons. The standard InChI is InChI=1S/C20H32O/c1-4-5-6-7-8-9-10-11-12-13-20(21)19-16-17(2)14-15-18(19)3/h14-16H,4-13H2,1-3H3. The Kier molecular flexibility index (Phi) is 9.05. The van der Waals surface area contributed by atoms with Crippen LogP contribution in [-0.2, 0) is 0 Å². The van der Waals surface area contributed by atoms with Gasteiger partial charge in [-0.15, -0.1) is 0 Å². The van der Waals surface area contributed by atoms with Crippen LogP contribution in [0.3, 0.4) is 0 Å². The van der Waals surface area contributed by atoms with Gasteiger partial charge in [-0.05, 0) is 31.9 Å². The highest BCUT2D eigenvalue weighted by molar-refractivity contribution is 5.97. The number of rotatable bonds is 11. The maximum atomic E-state index is 12.2. The van der Waals surface area contributed by atoms with Crippen LogP contribution in [0.5, 0.6) is 0 Å². The van der Waals surface area contributed by atoms with E-state index in [-0.39, 0.29) is 0 Å². The van der Waals surface area contributed by atoms with Crippen LogP contribution in [0.1, 0.15) is 92.6 Å². The van der Waals surface area contributed by atoms with Crippen molar-refractivity contribution in [2.24, 2.45) is 0 Å². The number of aryl methyl sites for hydroxylation is 2. The topological polar surface area (TPSA) is 17.1 Å². The minimum Gasteiger partial charge on any atom is -0.294 e. The first-order valence-corrected chi connectivity index (χ1v) is 8.75. The molecule has 21 heavy (non-hydrogen) atoms. The fraction of sp³-hybridized carbons (Fsp3) is 0.650. The van der Waals surface area contributed by atoms with Crippen molar-refractivity contribution in [3.8, 4) is 0 Å². The van der Waals surface area contributed by atoms with Gasteiger partial charge in [0.05, 0.1) is 0 Å². The molecule has 1 nitrogen and oxygen atoms in total. The zero-order valence-electron chi connectivity index (χ0n) is 14.2. The summed E-state index contributed by atoms with van der Waals surface area (Å²) in [6.07, 6.45) is 12.4. The van der Waals surface area contributed by atoms with Crippen molar-refractivity contribution in [2.45, 2.75) is 85.0 Å². The first-order valence-electron chi connectivity index (χ1n) is 8.75. The van der Waals surface area contributed by atoms with Gasteiger partial charge < -0.3 is 0 Å². The Labute approximate surface area is 131 Å². The second kappa shape index (κ2) is 10.6. The van der Waals surface area contributed by atoms with E-state index in [4.69, 9.17) is 0 Å². The number of hydrogen-bond acceptors (Lipinski definition) is 1. The quantitative estimate of drug-likeness (QED) is 0.340. The van der Waals surface area contributed by atoms with E-state index in [9.17, 15) is 4.79 Å². The molecule has 0 saturated carbocycles. The van der Waals surface area contributed by atoms with Gasteiger partial charge >= 0.3 is 0 Å². The van der Waals surface area contributed by atoms with Crippen molar-refractivity contribution < 1.29 is 4.79 Å². The molecular formula is C20H32O. The third-order valence-electron chi connectivity index (χ3n) is 4.20. The fourth-order valence-electron chi connectivity index (χ4n) is 2.77. The van der Waals surface area contributed by atoms with Gasteiger partial charge in [0, 0.05) is 12.0 Å². The third-order valence-corrected chi connectivity index (χ3v) is 4.20. The third kappa shape index (κ3) is 7.45. The predicted octanol–water partition coefficient (Wildman–Crippen LogP) is 6.41. The minimum atomic E-state index is 0.319. The molecule has 1 rings (SSSR count). The lowest BCUT2D eigenvalue weighted by Crippen LogP contribution is -2.02. The number of Topliss-reactive ketones (excluding diaryl/α,β-unsaturated/α-hetero) is 1. The summed E-state index contributed by atoms with van der Waals surface area (Å²) < 4.78 is 0. The van der Waals surface area contributed by atoms with Gasteiger partial charge in [0.15, 0.2) is 5.78 Å². The maximum absolute atomic E-state index is 12.2. The van der Waals surface area contributed by atoms with E-state index in [1.165, 1.54) is 56.9 Å². The van der Waals surface area contributed by atoms with E-state index in [1.807, 2.05) is 13.0 Å². The van der Waals surface area contributed by atoms with Crippen molar-refractivity contribution in [3.05, 3.63) is 34.9 Å². The highest BCUT2D eigenvalue weighted by Gasteiger charge is 2.08. The van der Waals surface area contributed by atoms with Gasteiger partial charge in [-0.25, -0.2) is 0 Å². The van der Waals surface area contributed by atoms with Crippen molar-refractivity contribution in [1.82, 2.24) is 0 Å². The molecule has 1 heteroatoms. The lowest BCUT2D eigenvalue weighted by Gasteiger charge is -2.06. The van der Waals surface area contributed by atoms with E-state index in [0.717, 1.165) is 17.5 Å². The van der Waals surface area contributed by atoms with Crippen molar-refractivity contribution in [2.75, 3.05) is 0 Å². The lowest BCUT2D eigenvalue weighted by atomic mass is 9.98. The lowest BCUT2D eigenvalue weighted by molar-refractivity contribution is 0.0978. The second-order valence-electron chi connectivity index (χ2n) is 6.32. The zero-order valence-corrected chi connectivity index (χ0v) is 14.2. The summed E-state index contributed by atoms with van der Waals surface area (Å²) in [6.45, 7) is 6.34. The van der Waals surface area contributed by atoms with E-state index in [2.05, 4.69) is 26.0 Å². The summed E-state index contributed by atoms with van der Waals surface area (Å²) in [5.41, 5.74) is 3.21. The Balaban J connectivity index is 2.12. The molecular weight excluding hydrogens is 256 g/mol. The maximum Gasteiger partial charge on any atom is 0.163 e. The summed E-state index contributed by atoms with van der Waals surface area (Å²) in [4.78, 5) is 12.2. The summed E-state index contributed by atoms with van der Waals surface area (Å²) in [6, 6.07) is 6.16. The number of hydrogen-bond donors (Lipinski definition) is 0. The van der Waals surface area contributed by atoms with Crippen LogP contribution in [0.15, 0.2) is 18.2 Å². The van der Waals surface area contributed by atoms with Gasteiger partial charge in [-0.3, -0.25) is 4.79 Å². The Bertz CT molecular complexity index is 420. The minimum absolute atomic E-state index is 0.319. The van der Waals surface area contributed by atoms with Crippen LogP contribution >= 0.6 is 0 Å². The van der Waals surface area contributed by atoms with E-state index in [1.54, 1.807) is 0 Å².